The number of carbonyl (C=O) groups is 2. The number of ketones is 1. The molecule has 0 aromatic heterocycles. The van der Waals surface area contributed by atoms with E-state index in [1.54, 1.807) is 48.5 Å². The monoisotopic (exact) mass is 343 g/mol. The van der Waals surface area contributed by atoms with Crippen LogP contribution in [0.15, 0.2) is 48.5 Å². The average molecular weight is 344 g/mol. The second kappa shape index (κ2) is 6.75. The van der Waals surface area contributed by atoms with Crippen molar-refractivity contribution in [2.75, 3.05) is 6.54 Å². The third-order valence-electron chi connectivity index (χ3n) is 4.38. The molecule has 0 aliphatic heterocycles. The summed E-state index contributed by atoms with van der Waals surface area (Å²) in [6.45, 7) is 0.204. The van der Waals surface area contributed by atoms with Crippen LogP contribution in [0.2, 0.25) is 5.02 Å². The molecule has 2 aromatic rings. The van der Waals surface area contributed by atoms with Crippen molar-refractivity contribution >= 4 is 23.3 Å². The van der Waals surface area contributed by atoms with Gasteiger partial charge in [0.1, 0.15) is 0 Å². The summed E-state index contributed by atoms with van der Waals surface area (Å²) >= 11 is 5.85. The number of hydrogen-bond donors (Lipinski definition) is 2. The Bertz CT molecular complexity index is 766. The van der Waals surface area contributed by atoms with E-state index in [0.717, 1.165) is 6.42 Å². The van der Waals surface area contributed by atoms with Gasteiger partial charge < -0.3 is 10.4 Å². The molecule has 0 heterocycles. The van der Waals surface area contributed by atoms with E-state index in [0.29, 0.717) is 34.6 Å². The molecule has 1 saturated carbocycles. The summed E-state index contributed by atoms with van der Waals surface area (Å²) in [6, 6.07) is 13.2. The Morgan fingerprint density at radius 3 is 2.25 bits per heavy atom. The summed E-state index contributed by atoms with van der Waals surface area (Å²) in [5.41, 5.74) is 0.306. The first-order valence-corrected chi connectivity index (χ1v) is 8.26. The molecule has 0 radical (unpaired) electrons. The van der Waals surface area contributed by atoms with Crippen molar-refractivity contribution in [1.82, 2.24) is 5.32 Å². The predicted octanol–water partition coefficient (Wildman–Crippen LogP) is 3.22. The molecule has 0 bridgehead atoms. The summed E-state index contributed by atoms with van der Waals surface area (Å²) in [4.78, 5) is 25.1. The van der Waals surface area contributed by atoms with E-state index in [2.05, 4.69) is 5.32 Å². The highest BCUT2D eigenvalue weighted by Crippen LogP contribution is 2.30. The third kappa shape index (κ3) is 3.50. The fourth-order valence-corrected chi connectivity index (χ4v) is 2.86. The SMILES string of the molecule is O=C(NCC1(O)CCC1)c1ccccc1C(=O)c1ccc(Cl)cc1. The molecule has 0 unspecified atom stereocenters. The first-order chi connectivity index (χ1) is 11.5. The van der Waals surface area contributed by atoms with Crippen molar-refractivity contribution in [3.05, 3.63) is 70.2 Å². The minimum absolute atomic E-state index is 0.204. The quantitative estimate of drug-likeness (QED) is 0.819. The van der Waals surface area contributed by atoms with Gasteiger partial charge in [0, 0.05) is 22.7 Å². The number of carbonyl (C=O) groups excluding carboxylic acids is 2. The highest BCUT2D eigenvalue weighted by atomic mass is 35.5. The number of amides is 1. The summed E-state index contributed by atoms with van der Waals surface area (Å²) in [5, 5.41) is 13.4. The molecule has 1 amide bonds. The van der Waals surface area contributed by atoms with Crippen LogP contribution in [0.25, 0.3) is 0 Å². The van der Waals surface area contributed by atoms with Crippen molar-refractivity contribution in [3.8, 4) is 0 Å². The minimum atomic E-state index is -0.801. The lowest BCUT2D eigenvalue weighted by atomic mass is 9.80. The van der Waals surface area contributed by atoms with Gasteiger partial charge in [0.25, 0.3) is 5.91 Å². The Kier molecular flexibility index (Phi) is 4.69. The topological polar surface area (TPSA) is 66.4 Å². The lowest BCUT2D eigenvalue weighted by Gasteiger charge is -2.36. The van der Waals surface area contributed by atoms with Gasteiger partial charge >= 0.3 is 0 Å². The summed E-state index contributed by atoms with van der Waals surface area (Å²) in [7, 11) is 0. The van der Waals surface area contributed by atoms with E-state index in [9.17, 15) is 14.7 Å². The maximum Gasteiger partial charge on any atom is 0.252 e. The van der Waals surface area contributed by atoms with Crippen molar-refractivity contribution in [2.45, 2.75) is 24.9 Å². The van der Waals surface area contributed by atoms with Crippen molar-refractivity contribution in [3.63, 3.8) is 0 Å². The molecule has 124 valence electrons. The molecule has 1 aliphatic rings. The standard InChI is InChI=1S/C19H18ClNO3/c20-14-8-6-13(7-9-14)17(22)15-4-1-2-5-16(15)18(23)21-12-19(24)10-3-11-19/h1-2,4-9,24H,3,10-12H2,(H,21,23). The fourth-order valence-electron chi connectivity index (χ4n) is 2.74. The van der Waals surface area contributed by atoms with Gasteiger partial charge in [-0.05, 0) is 49.6 Å². The summed E-state index contributed by atoms with van der Waals surface area (Å²) in [6.07, 6.45) is 2.36. The van der Waals surface area contributed by atoms with Crippen LogP contribution in [0, 0.1) is 0 Å². The van der Waals surface area contributed by atoms with Gasteiger partial charge in [-0.2, -0.15) is 0 Å². The second-order valence-corrected chi connectivity index (χ2v) is 6.58. The Labute approximate surface area is 145 Å². The van der Waals surface area contributed by atoms with E-state index in [1.165, 1.54) is 0 Å². The van der Waals surface area contributed by atoms with Gasteiger partial charge in [-0.1, -0.05) is 29.8 Å². The Morgan fingerprint density at radius 1 is 1.04 bits per heavy atom. The normalized spacial score (nSPS) is 15.4. The molecule has 3 rings (SSSR count). The molecule has 5 heteroatoms. The van der Waals surface area contributed by atoms with Crippen LogP contribution in [0.1, 0.15) is 45.5 Å². The van der Waals surface area contributed by atoms with Crippen LogP contribution < -0.4 is 5.32 Å². The molecule has 2 N–H and O–H groups in total. The van der Waals surface area contributed by atoms with Crippen LogP contribution in [0.5, 0.6) is 0 Å². The first-order valence-electron chi connectivity index (χ1n) is 7.88. The molecule has 0 atom stereocenters. The number of aliphatic hydroxyl groups is 1. The van der Waals surface area contributed by atoms with Gasteiger partial charge in [0.2, 0.25) is 0 Å². The van der Waals surface area contributed by atoms with E-state index < -0.39 is 5.60 Å². The average Bonchev–Trinajstić information content (AvgIpc) is 2.58. The predicted molar refractivity (Wildman–Crippen MR) is 92.5 cm³/mol. The summed E-state index contributed by atoms with van der Waals surface area (Å²) < 4.78 is 0. The van der Waals surface area contributed by atoms with Crippen molar-refractivity contribution in [1.29, 1.82) is 0 Å². The molecule has 4 nitrogen and oxygen atoms in total. The Balaban J connectivity index is 1.80. The Morgan fingerprint density at radius 2 is 1.67 bits per heavy atom. The molecule has 1 fully saturated rings. The summed E-state index contributed by atoms with van der Waals surface area (Å²) in [5.74, 6) is -0.590. The van der Waals surface area contributed by atoms with E-state index >= 15 is 0 Å². The highest BCUT2D eigenvalue weighted by molar-refractivity contribution is 6.30. The number of benzene rings is 2. The molecular formula is C19H18ClNO3. The molecule has 24 heavy (non-hydrogen) atoms. The lowest BCUT2D eigenvalue weighted by Crippen LogP contribution is -2.47. The third-order valence-corrected chi connectivity index (χ3v) is 4.64. The van der Waals surface area contributed by atoms with Crippen LogP contribution in [-0.2, 0) is 0 Å². The zero-order valence-corrected chi connectivity index (χ0v) is 13.8. The Hall–Kier alpha value is -2.17. The van der Waals surface area contributed by atoms with Crippen LogP contribution in [-0.4, -0.2) is 28.9 Å². The van der Waals surface area contributed by atoms with Gasteiger partial charge in [-0.15, -0.1) is 0 Å². The number of halogens is 1. The molecular weight excluding hydrogens is 326 g/mol. The second-order valence-electron chi connectivity index (χ2n) is 6.14. The number of hydrogen-bond acceptors (Lipinski definition) is 3. The molecule has 1 aliphatic carbocycles. The van der Waals surface area contributed by atoms with E-state index in [1.807, 2.05) is 0 Å². The largest absolute Gasteiger partial charge is 0.388 e. The number of nitrogens with one attached hydrogen (secondary N) is 1. The maximum absolute atomic E-state index is 12.7. The van der Waals surface area contributed by atoms with Crippen molar-refractivity contribution in [2.24, 2.45) is 0 Å². The van der Waals surface area contributed by atoms with Gasteiger partial charge in [-0.25, -0.2) is 0 Å². The van der Waals surface area contributed by atoms with Crippen molar-refractivity contribution < 1.29 is 14.7 Å². The molecule has 0 saturated heterocycles. The van der Waals surface area contributed by atoms with Gasteiger partial charge in [-0.3, -0.25) is 9.59 Å². The van der Waals surface area contributed by atoms with Crippen LogP contribution >= 0.6 is 11.6 Å². The van der Waals surface area contributed by atoms with E-state index in [-0.39, 0.29) is 18.2 Å². The maximum atomic E-state index is 12.7. The van der Waals surface area contributed by atoms with Gasteiger partial charge in [0.05, 0.1) is 11.2 Å². The van der Waals surface area contributed by atoms with Crippen LogP contribution in [0.3, 0.4) is 0 Å². The fraction of sp³-hybridized carbons (Fsp3) is 0.263. The smallest absolute Gasteiger partial charge is 0.252 e. The number of rotatable bonds is 5. The first kappa shape index (κ1) is 16.7. The molecule has 0 spiro atoms. The zero-order chi connectivity index (χ0) is 17.2. The highest BCUT2D eigenvalue weighted by Gasteiger charge is 2.34. The lowest BCUT2D eigenvalue weighted by molar-refractivity contribution is -0.0300. The van der Waals surface area contributed by atoms with Crippen LogP contribution in [0.4, 0.5) is 0 Å². The minimum Gasteiger partial charge on any atom is -0.388 e. The van der Waals surface area contributed by atoms with E-state index in [4.69, 9.17) is 11.6 Å². The van der Waals surface area contributed by atoms with Gasteiger partial charge in [0.15, 0.2) is 5.78 Å². The molecule has 2 aromatic carbocycles. The zero-order valence-electron chi connectivity index (χ0n) is 13.1.